The van der Waals surface area contributed by atoms with Crippen LogP contribution in [-0.2, 0) is 4.79 Å². The Morgan fingerprint density at radius 3 is 2.67 bits per heavy atom. The van der Waals surface area contributed by atoms with Gasteiger partial charge in [0.25, 0.3) is 0 Å². The second-order valence-electron chi connectivity index (χ2n) is 7.05. The Bertz CT molecular complexity index is 661. The summed E-state index contributed by atoms with van der Waals surface area (Å²) in [5.74, 6) is 0.515. The van der Waals surface area contributed by atoms with Gasteiger partial charge in [0, 0.05) is 11.6 Å². The molecular formula is C17H20N2OS. The molecule has 1 heterocycles. The fourth-order valence-electron chi connectivity index (χ4n) is 4.00. The van der Waals surface area contributed by atoms with Crippen LogP contribution in [0.2, 0.25) is 0 Å². The van der Waals surface area contributed by atoms with Crippen molar-refractivity contribution in [2.75, 3.05) is 0 Å². The molecule has 1 aromatic rings. The van der Waals surface area contributed by atoms with Gasteiger partial charge >= 0.3 is 0 Å². The monoisotopic (exact) mass is 300 g/mol. The summed E-state index contributed by atoms with van der Waals surface area (Å²) in [5, 5.41) is 9.89. The number of ketones is 1. The van der Waals surface area contributed by atoms with Gasteiger partial charge in [-0.25, -0.2) is 4.98 Å². The number of fused-ring (bicyclic) bond motifs is 2. The number of carbonyl (C=O) groups is 1. The van der Waals surface area contributed by atoms with Gasteiger partial charge in [-0.15, -0.1) is 0 Å². The van der Waals surface area contributed by atoms with E-state index in [-0.39, 0.29) is 22.0 Å². The topological polar surface area (TPSA) is 53.8 Å². The molecule has 2 fully saturated rings. The van der Waals surface area contributed by atoms with Gasteiger partial charge in [-0.3, -0.25) is 4.79 Å². The zero-order valence-corrected chi connectivity index (χ0v) is 13.8. The van der Waals surface area contributed by atoms with Crippen molar-refractivity contribution in [3.05, 3.63) is 23.4 Å². The summed E-state index contributed by atoms with van der Waals surface area (Å²) in [6, 6.07) is 5.84. The summed E-state index contributed by atoms with van der Waals surface area (Å²) in [7, 11) is 0. The highest BCUT2D eigenvalue weighted by atomic mass is 32.2. The third-order valence-corrected chi connectivity index (χ3v) is 7.35. The maximum Gasteiger partial charge on any atom is 0.150 e. The smallest absolute Gasteiger partial charge is 0.150 e. The number of aromatic nitrogens is 1. The van der Waals surface area contributed by atoms with Crippen LogP contribution < -0.4 is 0 Å². The van der Waals surface area contributed by atoms with Gasteiger partial charge in [0.2, 0.25) is 0 Å². The van der Waals surface area contributed by atoms with Crippen molar-refractivity contribution in [2.24, 2.45) is 16.7 Å². The Kier molecular flexibility index (Phi) is 3.18. The van der Waals surface area contributed by atoms with Gasteiger partial charge in [0.05, 0.1) is 10.8 Å². The number of nitriles is 1. The summed E-state index contributed by atoms with van der Waals surface area (Å²) in [6.07, 6.45) is 2.09. The summed E-state index contributed by atoms with van der Waals surface area (Å²) < 4.78 is 0. The highest BCUT2D eigenvalue weighted by Gasteiger charge is 2.66. The molecule has 2 saturated carbocycles. The summed E-state index contributed by atoms with van der Waals surface area (Å²) in [4.78, 5) is 17.2. The van der Waals surface area contributed by atoms with Gasteiger partial charge in [-0.2, -0.15) is 5.26 Å². The van der Waals surface area contributed by atoms with E-state index < -0.39 is 0 Å². The van der Waals surface area contributed by atoms with E-state index in [0.717, 1.165) is 18.5 Å². The van der Waals surface area contributed by atoms with Crippen LogP contribution in [0.5, 0.6) is 0 Å². The first-order chi connectivity index (χ1) is 9.81. The molecule has 3 rings (SSSR count). The van der Waals surface area contributed by atoms with Gasteiger partial charge in [0.1, 0.15) is 16.9 Å². The van der Waals surface area contributed by atoms with Crippen LogP contribution in [0.25, 0.3) is 0 Å². The zero-order chi connectivity index (χ0) is 15.4. The summed E-state index contributed by atoms with van der Waals surface area (Å²) >= 11 is 1.51. The van der Waals surface area contributed by atoms with Crippen molar-refractivity contribution in [3.63, 3.8) is 0 Å². The van der Waals surface area contributed by atoms with Crippen molar-refractivity contribution in [2.45, 2.75) is 50.8 Å². The van der Waals surface area contributed by atoms with E-state index in [9.17, 15) is 10.1 Å². The average molecular weight is 300 g/mol. The average Bonchev–Trinajstić information content (AvgIpc) is 2.73. The van der Waals surface area contributed by atoms with Gasteiger partial charge < -0.3 is 0 Å². The third-order valence-electron chi connectivity index (χ3n) is 5.83. The highest BCUT2D eigenvalue weighted by molar-refractivity contribution is 8.00. The first-order valence-corrected chi connectivity index (χ1v) is 8.27. The Labute approximate surface area is 130 Å². The zero-order valence-electron chi connectivity index (χ0n) is 12.9. The molecule has 0 N–H and O–H groups in total. The number of pyridine rings is 1. The van der Waals surface area contributed by atoms with Crippen molar-refractivity contribution in [1.82, 2.24) is 4.98 Å². The fraction of sp³-hybridized carbons (Fsp3) is 0.588. The summed E-state index contributed by atoms with van der Waals surface area (Å²) in [6.45, 7) is 8.59. The number of carbonyl (C=O) groups excluding carboxylic acids is 1. The Balaban J connectivity index is 1.99. The van der Waals surface area contributed by atoms with Crippen LogP contribution >= 0.6 is 11.8 Å². The molecule has 0 aliphatic heterocycles. The van der Waals surface area contributed by atoms with E-state index in [4.69, 9.17) is 0 Å². The van der Waals surface area contributed by atoms with E-state index >= 15 is 0 Å². The summed E-state index contributed by atoms with van der Waals surface area (Å²) in [5.41, 5.74) is 1.50. The third kappa shape index (κ3) is 1.87. The minimum atomic E-state index is -0.0763. The molecule has 0 saturated heterocycles. The molecule has 0 amide bonds. The number of thioether (sulfide) groups is 1. The number of hydrogen-bond donors (Lipinski definition) is 0. The molecule has 2 aliphatic rings. The van der Waals surface area contributed by atoms with E-state index in [1.807, 2.05) is 13.0 Å². The Morgan fingerprint density at radius 2 is 2.10 bits per heavy atom. The predicted octanol–water partition coefficient (Wildman–Crippen LogP) is 3.75. The number of hydrogen-bond acceptors (Lipinski definition) is 4. The lowest BCUT2D eigenvalue weighted by Crippen LogP contribution is -2.35. The van der Waals surface area contributed by atoms with E-state index in [1.165, 1.54) is 11.8 Å². The van der Waals surface area contributed by atoms with Gasteiger partial charge in [-0.05, 0) is 42.7 Å². The van der Waals surface area contributed by atoms with Crippen LogP contribution in [0.3, 0.4) is 0 Å². The lowest BCUT2D eigenvalue weighted by Gasteiger charge is -2.37. The molecule has 0 spiro atoms. The van der Waals surface area contributed by atoms with Gasteiger partial charge in [-0.1, -0.05) is 32.5 Å². The predicted molar refractivity (Wildman–Crippen MR) is 83.0 cm³/mol. The molecule has 1 aromatic heterocycles. The van der Waals surface area contributed by atoms with Crippen LogP contribution in [0, 0.1) is 35.0 Å². The van der Waals surface area contributed by atoms with Crippen LogP contribution in [0.4, 0.5) is 0 Å². The molecule has 0 unspecified atom stereocenters. The van der Waals surface area contributed by atoms with Crippen LogP contribution in [0.15, 0.2) is 17.2 Å². The van der Waals surface area contributed by atoms with Crippen molar-refractivity contribution >= 4 is 17.5 Å². The molecule has 0 aromatic carbocycles. The van der Waals surface area contributed by atoms with Crippen LogP contribution in [0.1, 0.15) is 44.9 Å². The molecule has 3 nitrogen and oxygen atoms in total. The Hall–Kier alpha value is -1.34. The molecule has 110 valence electrons. The fourth-order valence-corrected chi connectivity index (χ4v) is 5.62. The van der Waals surface area contributed by atoms with Crippen molar-refractivity contribution in [3.8, 4) is 6.07 Å². The maximum atomic E-state index is 12.7. The maximum absolute atomic E-state index is 12.7. The number of aryl methyl sites for hydroxylation is 1. The molecule has 4 heteroatoms. The van der Waals surface area contributed by atoms with E-state index in [0.29, 0.717) is 16.4 Å². The first kappa shape index (κ1) is 14.6. The highest BCUT2D eigenvalue weighted by Crippen LogP contribution is 2.67. The SMILES string of the molecule is Cc1ccc(C#N)c(S[C@@H]2C(=O)[C@H]3CC[C@]2(C)C3(C)C)n1. The second-order valence-corrected chi connectivity index (χ2v) is 8.14. The Morgan fingerprint density at radius 1 is 1.38 bits per heavy atom. The minimum Gasteiger partial charge on any atom is -0.298 e. The molecule has 2 aliphatic carbocycles. The standard InChI is InChI=1S/C17H20N2OS/c1-10-5-6-11(9-18)15(19-10)21-14-13(20)12-7-8-17(14,4)16(12,2)3/h5-6,12,14H,7-8H2,1-4H3/t12-,14-,17+/m1/s1. The normalized spacial score (nSPS) is 33.2. The molecule has 21 heavy (non-hydrogen) atoms. The molecule has 0 radical (unpaired) electrons. The van der Waals surface area contributed by atoms with E-state index in [1.54, 1.807) is 6.07 Å². The minimum absolute atomic E-state index is 0.00241. The first-order valence-electron chi connectivity index (χ1n) is 7.39. The molecule has 3 atom stereocenters. The van der Waals surface area contributed by atoms with Crippen molar-refractivity contribution in [1.29, 1.82) is 5.26 Å². The molecule has 2 bridgehead atoms. The second kappa shape index (κ2) is 4.58. The number of nitrogens with zero attached hydrogens (tertiary/aromatic N) is 2. The molecular weight excluding hydrogens is 280 g/mol. The van der Waals surface area contributed by atoms with Crippen LogP contribution in [-0.4, -0.2) is 16.0 Å². The largest absolute Gasteiger partial charge is 0.298 e. The number of Topliss-reactive ketones (excluding diaryl/α,β-unsaturated/α-hetero) is 1. The number of rotatable bonds is 2. The lowest BCUT2D eigenvalue weighted by atomic mass is 9.71. The van der Waals surface area contributed by atoms with Crippen molar-refractivity contribution < 1.29 is 4.79 Å². The quantitative estimate of drug-likeness (QED) is 0.834. The van der Waals surface area contributed by atoms with E-state index in [2.05, 4.69) is 31.8 Å². The van der Waals surface area contributed by atoms with Gasteiger partial charge in [0.15, 0.2) is 0 Å². The lowest BCUT2D eigenvalue weighted by molar-refractivity contribution is -0.122.